The van der Waals surface area contributed by atoms with Crippen LogP contribution in [0, 0.1) is 0 Å². The van der Waals surface area contributed by atoms with Crippen LogP contribution < -0.4 is 10.6 Å². The van der Waals surface area contributed by atoms with Crippen LogP contribution in [0.25, 0.3) is 0 Å². The Bertz CT molecular complexity index is 236. The Morgan fingerprint density at radius 1 is 1.12 bits per heavy atom. The first-order chi connectivity index (χ1) is 6.99. The molecule has 0 saturated carbocycles. The van der Waals surface area contributed by atoms with E-state index in [1.165, 1.54) is 5.32 Å². The summed E-state index contributed by atoms with van der Waals surface area (Å²) in [4.78, 5) is 10.7. The van der Waals surface area contributed by atoms with Gasteiger partial charge in [-0.3, -0.25) is 0 Å². The van der Waals surface area contributed by atoms with Crippen molar-refractivity contribution in [2.24, 2.45) is 0 Å². The monoisotopic (exact) mass is 252 g/mol. The molecule has 0 aliphatic carbocycles. The Hall–Kier alpha value is -1.15. The van der Waals surface area contributed by atoms with Gasteiger partial charge >= 0.3 is 18.4 Å². The van der Waals surface area contributed by atoms with E-state index in [0.717, 1.165) is 6.92 Å². The molecule has 1 atom stereocenters. The van der Waals surface area contributed by atoms with E-state index in [0.29, 0.717) is 0 Å². The van der Waals surface area contributed by atoms with Gasteiger partial charge in [-0.15, -0.1) is 0 Å². The van der Waals surface area contributed by atoms with Crippen molar-refractivity contribution in [3.05, 3.63) is 0 Å². The van der Waals surface area contributed by atoms with E-state index in [1.54, 1.807) is 5.32 Å². The molecule has 0 saturated heterocycles. The van der Waals surface area contributed by atoms with Gasteiger partial charge in [0.25, 0.3) is 0 Å². The lowest BCUT2D eigenvalue weighted by Crippen LogP contribution is -2.45. The van der Waals surface area contributed by atoms with Crippen molar-refractivity contribution in [2.75, 3.05) is 6.54 Å². The zero-order valence-electron chi connectivity index (χ0n) is 8.17. The van der Waals surface area contributed by atoms with Crippen LogP contribution in [0.15, 0.2) is 0 Å². The minimum absolute atomic E-state index is 1.04. The largest absolute Gasteiger partial charge is 0.405 e. The second kappa shape index (κ2) is 5.26. The maximum absolute atomic E-state index is 11.8. The summed E-state index contributed by atoms with van der Waals surface area (Å²) in [7, 11) is 0. The SMILES string of the molecule is CC(CC(F)(F)F)NC(=O)NCC(F)(F)F. The zero-order valence-corrected chi connectivity index (χ0v) is 8.17. The molecule has 0 rings (SSSR count). The molecule has 9 heteroatoms. The average Bonchev–Trinajstić information content (AvgIpc) is 1.95. The first-order valence-corrected chi connectivity index (χ1v) is 4.17. The van der Waals surface area contributed by atoms with Crippen molar-refractivity contribution < 1.29 is 31.1 Å². The molecule has 0 fully saturated rings. The van der Waals surface area contributed by atoms with E-state index in [2.05, 4.69) is 0 Å². The van der Waals surface area contributed by atoms with E-state index in [1.807, 2.05) is 0 Å². The predicted octanol–water partition coefficient (Wildman–Crippen LogP) is 2.19. The third-order valence-corrected chi connectivity index (χ3v) is 1.36. The normalized spacial score (nSPS) is 14.4. The average molecular weight is 252 g/mol. The number of hydrogen-bond acceptors (Lipinski definition) is 1. The summed E-state index contributed by atoms with van der Waals surface area (Å²) in [5.74, 6) is 0. The van der Waals surface area contributed by atoms with Crippen LogP contribution in [-0.4, -0.2) is 31.0 Å². The van der Waals surface area contributed by atoms with Gasteiger partial charge in [-0.1, -0.05) is 0 Å². The number of amides is 2. The Morgan fingerprint density at radius 2 is 1.62 bits per heavy atom. The Morgan fingerprint density at radius 3 is 2.00 bits per heavy atom. The number of halogens is 6. The minimum Gasteiger partial charge on any atom is -0.335 e. The molecule has 0 radical (unpaired) electrons. The van der Waals surface area contributed by atoms with Gasteiger partial charge in [-0.2, -0.15) is 26.3 Å². The van der Waals surface area contributed by atoms with E-state index < -0.39 is 37.4 Å². The number of hydrogen-bond donors (Lipinski definition) is 2. The molecule has 1 unspecified atom stereocenters. The molecule has 16 heavy (non-hydrogen) atoms. The van der Waals surface area contributed by atoms with Gasteiger partial charge < -0.3 is 10.6 Å². The lowest BCUT2D eigenvalue weighted by atomic mass is 10.2. The van der Waals surface area contributed by atoms with Crippen LogP contribution in [0.5, 0.6) is 0 Å². The Kier molecular flexibility index (Phi) is 4.88. The fourth-order valence-electron chi connectivity index (χ4n) is 0.854. The maximum Gasteiger partial charge on any atom is 0.405 e. The van der Waals surface area contributed by atoms with Gasteiger partial charge in [0.1, 0.15) is 6.54 Å². The summed E-state index contributed by atoms with van der Waals surface area (Å²) in [6.45, 7) is -0.543. The van der Waals surface area contributed by atoms with Crippen LogP contribution in [0.2, 0.25) is 0 Å². The lowest BCUT2D eigenvalue weighted by molar-refractivity contribution is -0.138. The van der Waals surface area contributed by atoms with Crippen LogP contribution in [0.1, 0.15) is 13.3 Å². The van der Waals surface area contributed by atoms with E-state index in [-0.39, 0.29) is 0 Å². The highest BCUT2D eigenvalue weighted by Crippen LogP contribution is 2.21. The first-order valence-electron chi connectivity index (χ1n) is 4.17. The summed E-state index contributed by atoms with van der Waals surface area (Å²) in [5, 5.41) is 3.14. The fourth-order valence-corrected chi connectivity index (χ4v) is 0.854. The molecule has 0 aromatic heterocycles. The molecule has 0 heterocycles. The minimum atomic E-state index is -4.59. The molecule has 0 aliphatic heterocycles. The van der Waals surface area contributed by atoms with Crippen LogP contribution in [0.4, 0.5) is 31.1 Å². The topological polar surface area (TPSA) is 41.1 Å². The number of alkyl halides is 6. The molecule has 2 N–H and O–H groups in total. The highest BCUT2D eigenvalue weighted by atomic mass is 19.4. The van der Waals surface area contributed by atoms with Gasteiger partial charge in [0.05, 0.1) is 6.42 Å². The Balaban J connectivity index is 3.88. The number of nitrogens with one attached hydrogen (secondary N) is 2. The van der Waals surface area contributed by atoms with E-state index in [4.69, 9.17) is 0 Å². The quantitative estimate of drug-likeness (QED) is 0.743. The van der Waals surface area contributed by atoms with Crippen molar-refractivity contribution in [1.29, 1.82) is 0 Å². The van der Waals surface area contributed by atoms with E-state index >= 15 is 0 Å². The number of carbonyl (C=O) groups excluding carboxylic acids is 1. The number of rotatable bonds is 3. The summed E-state index contributed by atoms with van der Waals surface area (Å²) >= 11 is 0. The van der Waals surface area contributed by atoms with Crippen molar-refractivity contribution in [3.63, 3.8) is 0 Å². The number of carbonyl (C=O) groups is 1. The van der Waals surface area contributed by atoms with Gasteiger partial charge in [0.15, 0.2) is 0 Å². The molecular weight excluding hydrogens is 242 g/mol. The van der Waals surface area contributed by atoms with Gasteiger partial charge in [-0.25, -0.2) is 4.79 Å². The summed E-state index contributed by atoms with van der Waals surface area (Å²) < 4.78 is 70.1. The van der Waals surface area contributed by atoms with Gasteiger partial charge in [0.2, 0.25) is 0 Å². The highest BCUT2D eigenvalue weighted by molar-refractivity contribution is 5.74. The highest BCUT2D eigenvalue weighted by Gasteiger charge is 2.31. The van der Waals surface area contributed by atoms with Crippen molar-refractivity contribution in [3.8, 4) is 0 Å². The summed E-state index contributed by atoms with van der Waals surface area (Å²) in [6, 6.07) is -2.57. The molecule has 96 valence electrons. The molecule has 0 aliphatic rings. The molecule has 0 bridgehead atoms. The van der Waals surface area contributed by atoms with Crippen molar-refractivity contribution in [1.82, 2.24) is 10.6 Å². The third-order valence-electron chi connectivity index (χ3n) is 1.36. The molecule has 0 spiro atoms. The van der Waals surface area contributed by atoms with Gasteiger partial charge in [0, 0.05) is 6.04 Å². The Labute approximate surface area is 87.2 Å². The van der Waals surface area contributed by atoms with Crippen LogP contribution in [0.3, 0.4) is 0 Å². The molecule has 0 aromatic carbocycles. The van der Waals surface area contributed by atoms with Crippen molar-refractivity contribution in [2.45, 2.75) is 31.7 Å². The smallest absolute Gasteiger partial charge is 0.335 e. The molecule has 2 amide bonds. The maximum atomic E-state index is 11.8. The lowest BCUT2D eigenvalue weighted by Gasteiger charge is -2.16. The molecular formula is C7H10F6N2O. The summed E-state index contributed by atoms with van der Waals surface area (Å²) in [5.41, 5.74) is 0. The summed E-state index contributed by atoms with van der Waals surface area (Å²) in [6.07, 6.45) is -10.4. The second-order valence-corrected chi connectivity index (χ2v) is 3.16. The first kappa shape index (κ1) is 14.8. The fraction of sp³-hybridized carbons (Fsp3) is 0.857. The van der Waals surface area contributed by atoms with Crippen LogP contribution in [-0.2, 0) is 0 Å². The standard InChI is InChI=1S/C7H10F6N2O/c1-4(2-6(8,9)10)15-5(16)14-3-7(11,12)13/h4H,2-3H2,1H3,(H2,14,15,16). The predicted molar refractivity (Wildman–Crippen MR) is 42.7 cm³/mol. The molecule has 3 nitrogen and oxygen atoms in total. The second-order valence-electron chi connectivity index (χ2n) is 3.16. The number of urea groups is 1. The van der Waals surface area contributed by atoms with Crippen molar-refractivity contribution >= 4 is 6.03 Å². The molecule has 0 aromatic rings. The van der Waals surface area contributed by atoms with Gasteiger partial charge in [-0.05, 0) is 6.92 Å². The third kappa shape index (κ3) is 9.41. The zero-order chi connectivity index (χ0) is 13.0. The van der Waals surface area contributed by atoms with Crippen LogP contribution >= 0.6 is 0 Å². The van der Waals surface area contributed by atoms with E-state index in [9.17, 15) is 31.1 Å².